The molecule has 1 aliphatic heterocycles. The Morgan fingerprint density at radius 2 is 2.07 bits per heavy atom. The molecule has 2 aromatic rings. The summed E-state index contributed by atoms with van der Waals surface area (Å²) in [5, 5.41) is 16.0. The fourth-order valence-corrected chi connectivity index (χ4v) is 5.57. The molecule has 1 fully saturated rings. The van der Waals surface area contributed by atoms with E-state index in [0.717, 1.165) is 17.8 Å². The van der Waals surface area contributed by atoms with Gasteiger partial charge in [0.25, 0.3) is 5.69 Å². The van der Waals surface area contributed by atoms with Crippen LogP contribution < -0.4 is 5.32 Å². The van der Waals surface area contributed by atoms with Gasteiger partial charge >= 0.3 is 0 Å². The number of aromatic nitrogens is 1. The number of nitrogens with zero attached hydrogens (tertiary/aromatic N) is 3. The van der Waals surface area contributed by atoms with Crippen LogP contribution in [0.1, 0.15) is 18.5 Å². The largest absolute Gasteiger partial charge is 0.302 e. The highest BCUT2D eigenvalue weighted by Gasteiger charge is 2.34. The van der Waals surface area contributed by atoms with Crippen LogP contribution in [-0.2, 0) is 14.8 Å². The van der Waals surface area contributed by atoms with Crippen LogP contribution in [0.25, 0.3) is 0 Å². The van der Waals surface area contributed by atoms with Gasteiger partial charge in [0.15, 0.2) is 5.13 Å². The number of carbonyl (C=O) groups is 1. The van der Waals surface area contributed by atoms with E-state index in [4.69, 9.17) is 11.6 Å². The van der Waals surface area contributed by atoms with Gasteiger partial charge in [0, 0.05) is 36.5 Å². The van der Waals surface area contributed by atoms with Gasteiger partial charge in [-0.15, -0.1) is 11.3 Å². The van der Waals surface area contributed by atoms with Gasteiger partial charge < -0.3 is 5.32 Å². The number of carbonyl (C=O) groups excluding carboxylic acids is 1. The first kappa shape index (κ1) is 20.6. The maximum Gasteiger partial charge on any atom is 0.270 e. The maximum absolute atomic E-state index is 12.9. The number of amides is 1. The van der Waals surface area contributed by atoms with E-state index in [1.165, 1.54) is 21.7 Å². The number of hydrogen-bond acceptors (Lipinski definition) is 7. The van der Waals surface area contributed by atoms with Crippen LogP contribution in [0.3, 0.4) is 0 Å². The van der Waals surface area contributed by atoms with Crippen molar-refractivity contribution in [1.82, 2.24) is 9.29 Å². The van der Waals surface area contributed by atoms with Gasteiger partial charge in [0.1, 0.15) is 4.90 Å². The third-order valence-electron chi connectivity index (χ3n) is 4.42. The molecule has 0 aliphatic carbocycles. The van der Waals surface area contributed by atoms with Gasteiger partial charge in [0.2, 0.25) is 15.9 Å². The Bertz CT molecular complexity index is 1020. The Morgan fingerprint density at radius 3 is 2.64 bits per heavy atom. The minimum absolute atomic E-state index is 0.0791. The van der Waals surface area contributed by atoms with Crippen molar-refractivity contribution in [1.29, 1.82) is 0 Å². The summed E-state index contributed by atoms with van der Waals surface area (Å²) >= 11 is 7.31. The monoisotopic (exact) mass is 444 g/mol. The molecule has 1 aromatic carbocycles. The van der Waals surface area contributed by atoms with Crippen molar-refractivity contribution in [3.63, 3.8) is 0 Å². The zero-order chi connectivity index (χ0) is 20.5. The number of hydrogen-bond donors (Lipinski definition) is 1. The van der Waals surface area contributed by atoms with Crippen LogP contribution >= 0.6 is 22.9 Å². The summed E-state index contributed by atoms with van der Waals surface area (Å²) in [5.74, 6) is -0.531. The van der Waals surface area contributed by atoms with Crippen molar-refractivity contribution in [2.45, 2.75) is 24.7 Å². The van der Waals surface area contributed by atoms with Crippen molar-refractivity contribution in [3.8, 4) is 0 Å². The molecule has 3 rings (SSSR count). The molecule has 2 heterocycles. The average Bonchev–Trinajstić information content (AvgIpc) is 3.06. The molecule has 1 N–H and O–H groups in total. The summed E-state index contributed by atoms with van der Waals surface area (Å²) in [6.07, 6.45) is 0.671. The van der Waals surface area contributed by atoms with Gasteiger partial charge in [-0.1, -0.05) is 11.6 Å². The van der Waals surface area contributed by atoms with Crippen LogP contribution in [0.4, 0.5) is 10.8 Å². The summed E-state index contributed by atoms with van der Waals surface area (Å²) in [7, 11) is -4.00. The SMILES string of the molecule is Cc1csc(NC(=O)C2CCN(S(=O)(=O)c3cc([N+](=O)[O-])ccc3Cl)CC2)n1. The maximum atomic E-state index is 12.9. The lowest BCUT2D eigenvalue weighted by Gasteiger charge is -2.30. The van der Waals surface area contributed by atoms with E-state index in [-0.39, 0.29) is 40.5 Å². The minimum Gasteiger partial charge on any atom is -0.302 e. The molecule has 0 radical (unpaired) electrons. The quantitative estimate of drug-likeness (QED) is 0.558. The standard InChI is InChI=1S/C16H17ClN4O5S2/c1-10-9-27-16(18-10)19-15(22)11-4-6-20(7-5-11)28(25,26)14-8-12(21(23)24)2-3-13(14)17/h2-3,8-9,11H,4-7H2,1H3,(H,18,19,22). The molecular formula is C16H17ClN4O5S2. The second-order valence-corrected chi connectivity index (χ2v) is 9.51. The van der Waals surface area contributed by atoms with E-state index >= 15 is 0 Å². The van der Waals surface area contributed by atoms with Crippen molar-refractivity contribution in [3.05, 3.63) is 44.4 Å². The first-order valence-corrected chi connectivity index (χ1v) is 11.1. The van der Waals surface area contributed by atoms with Crippen LogP contribution in [0.15, 0.2) is 28.5 Å². The highest BCUT2D eigenvalue weighted by Crippen LogP contribution is 2.31. The van der Waals surface area contributed by atoms with E-state index < -0.39 is 14.9 Å². The van der Waals surface area contributed by atoms with Gasteiger partial charge in [-0.3, -0.25) is 14.9 Å². The summed E-state index contributed by atoms with van der Waals surface area (Å²) in [5.41, 5.74) is 0.464. The molecular weight excluding hydrogens is 428 g/mol. The molecule has 1 amide bonds. The summed E-state index contributed by atoms with van der Waals surface area (Å²) in [6, 6.07) is 3.31. The molecule has 9 nitrogen and oxygen atoms in total. The number of nitrogens with one attached hydrogen (secondary N) is 1. The third kappa shape index (κ3) is 4.32. The Balaban J connectivity index is 1.69. The molecule has 0 atom stereocenters. The summed E-state index contributed by atoms with van der Waals surface area (Å²) < 4.78 is 26.9. The number of sulfonamides is 1. The fourth-order valence-electron chi connectivity index (χ4n) is 2.92. The molecule has 0 spiro atoms. The fraction of sp³-hybridized carbons (Fsp3) is 0.375. The number of piperidine rings is 1. The number of aryl methyl sites for hydroxylation is 1. The second kappa shape index (κ2) is 8.11. The number of rotatable bonds is 5. The molecule has 1 saturated heterocycles. The predicted molar refractivity (Wildman–Crippen MR) is 105 cm³/mol. The molecule has 28 heavy (non-hydrogen) atoms. The summed E-state index contributed by atoms with van der Waals surface area (Å²) in [4.78, 5) is 26.5. The number of nitro benzene ring substituents is 1. The Hall–Kier alpha value is -2.08. The summed E-state index contributed by atoms with van der Waals surface area (Å²) in [6.45, 7) is 2.07. The molecule has 1 aliphatic rings. The predicted octanol–water partition coefficient (Wildman–Crippen LogP) is 3.05. The third-order valence-corrected chi connectivity index (χ3v) is 7.67. The smallest absolute Gasteiger partial charge is 0.270 e. The topological polar surface area (TPSA) is 123 Å². The van der Waals surface area contributed by atoms with E-state index in [1.54, 1.807) is 0 Å². The van der Waals surface area contributed by atoms with Gasteiger partial charge in [-0.05, 0) is 25.8 Å². The van der Waals surface area contributed by atoms with Crippen LogP contribution in [0.5, 0.6) is 0 Å². The number of halogens is 1. The first-order valence-electron chi connectivity index (χ1n) is 8.35. The number of nitro groups is 1. The Morgan fingerprint density at radius 1 is 1.39 bits per heavy atom. The molecule has 0 unspecified atom stereocenters. The average molecular weight is 445 g/mol. The van der Waals surface area contributed by atoms with E-state index in [0.29, 0.717) is 18.0 Å². The second-order valence-electron chi connectivity index (χ2n) is 6.33. The molecule has 12 heteroatoms. The molecule has 0 saturated carbocycles. The van der Waals surface area contributed by atoms with Gasteiger partial charge in [0.05, 0.1) is 15.6 Å². The minimum atomic E-state index is -4.00. The number of benzene rings is 1. The number of non-ortho nitro benzene ring substituents is 1. The number of thiazole rings is 1. The highest BCUT2D eigenvalue weighted by atomic mass is 35.5. The first-order chi connectivity index (χ1) is 13.2. The Labute approximate surface area is 170 Å². The van der Waals surface area contributed by atoms with E-state index in [9.17, 15) is 23.3 Å². The Kier molecular flexibility index (Phi) is 5.98. The van der Waals surface area contributed by atoms with Gasteiger partial charge in [-0.2, -0.15) is 4.31 Å². The molecule has 150 valence electrons. The number of anilines is 1. The lowest BCUT2D eigenvalue weighted by Crippen LogP contribution is -2.41. The molecule has 1 aromatic heterocycles. The van der Waals surface area contributed by atoms with E-state index in [1.807, 2.05) is 12.3 Å². The van der Waals surface area contributed by atoms with Crippen molar-refractivity contribution in [2.75, 3.05) is 18.4 Å². The van der Waals surface area contributed by atoms with Gasteiger partial charge in [-0.25, -0.2) is 13.4 Å². The highest BCUT2D eigenvalue weighted by molar-refractivity contribution is 7.89. The van der Waals surface area contributed by atoms with Crippen molar-refractivity contribution < 1.29 is 18.1 Å². The lowest BCUT2D eigenvalue weighted by atomic mass is 9.97. The van der Waals surface area contributed by atoms with Crippen LogP contribution in [-0.4, -0.2) is 41.6 Å². The normalized spacial score (nSPS) is 16.1. The van der Waals surface area contributed by atoms with Crippen molar-refractivity contribution in [2.24, 2.45) is 5.92 Å². The van der Waals surface area contributed by atoms with Crippen LogP contribution in [0, 0.1) is 23.0 Å². The lowest BCUT2D eigenvalue weighted by molar-refractivity contribution is -0.385. The molecule has 0 bridgehead atoms. The van der Waals surface area contributed by atoms with Crippen LogP contribution in [0.2, 0.25) is 5.02 Å². The zero-order valence-electron chi connectivity index (χ0n) is 14.8. The van der Waals surface area contributed by atoms with Crippen molar-refractivity contribution >= 4 is 49.7 Å². The zero-order valence-corrected chi connectivity index (χ0v) is 17.2. The van der Waals surface area contributed by atoms with E-state index in [2.05, 4.69) is 10.3 Å².